The Bertz CT molecular complexity index is 1480. The van der Waals surface area contributed by atoms with Crippen molar-refractivity contribution in [3.05, 3.63) is 117 Å². The molecular formula is C33H38ClFN4O3S. The number of amides is 1. The lowest BCUT2D eigenvalue weighted by molar-refractivity contribution is -0.118. The van der Waals surface area contributed by atoms with Crippen LogP contribution in [-0.2, 0) is 30.7 Å². The molecule has 0 unspecified atom stereocenters. The van der Waals surface area contributed by atoms with E-state index in [9.17, 15) is 14.0 Å². The zero-order chi connectivity index (χ0) is 31.2. The molecule has 1 aromatic heterocycles. The maximum atomic E-state index is 12.8. The molecule has 0 radical (unpaired) electrons. The van der Waals surface area contributed by atoms with Crippen LogP contribution < -0.4 is 5.56 Å². The molecular weight excluding hydrogens is 587 g/mol. The highest BCUT2D eigenvalue weighted by atomic mass is 35.5. The van der Waals surface area contributed by atoms with Gasteiger partial charge in [0.1, 0.15) is 5.82 Å². The van der Waals surface area contributed by atoms with E-state index in [-0.39, 0.29) is 18.0 Å². The van der Waals surface area contributed by atoms with Crippen LogP contribution in [0.3, 0.4) is 0 Å². The molecule has 0 aliphatic carbocycles. The van der Waals surface area contributed by atoms with Gasteiger partial charge in [-0.2, -0.15) is 4.98 Å². The van der Waals surface area contributed by atoms with Crippen molar-refractivity contribution in [3.63, 3.8) is 0 Å². The van der Waals surface area contributed by atoms with Gasteiger partial charge < -0.3 is 19.5 Å². The zero-order valence-corrected chi connectivity index (χ0v) is 26.3. The highest BCUT2D eigenvalue weighted by molar-refractivity contribution is 7.98. The summed E-state index contributed by atoms with van der Waals surface area (Å²) in [6.45, 7) is 8.30. The number of aliphatic hydroxyl groups is 1. The number of thioether (sulfide) groups is 1. The van der Waals surface area contributed by atoms with Crippen LogP contribution in [0, 0.1) is 5.82 Å². The molecule has 228 valence electrons. The number of hydrogen-bond acceptors (Lipinski definition) is 6. The van der Waals surface area contributed by atoms with Gasteiger partial charge in [-0.1, -0.05) is 85.7 Å². The van der Waals surface area contributed by atoms with Crippen LogP contribution in [0.25, 0.3) is 11.1 Å². The Morgan fingerprint density at radius 3 is 2.07 bits per heavy atom. The van der Waals surface area contributed by atoms with Gasteiger partial charge in [0.05, 0.1) is 12.2 Å². The quantitative estimate of drug-likeness (QED) is 0.112. The van der Waals surface area contributed by atoms with E-state index >= 15 is 0 Å². The van der Waals surface area contributed by atoms with Crippen molar-refractivity contribution in [3.8, 4) is 11.1 Å². The minimum Gasteiger partial charge on any atom is -0.391 e. The summed E-state index contributed by atoms with van der Waals surface area (Å²) in [7, 11) is 1.76. The van der Waals surface area contributed by atoms with Crippen LogP contribution in [0.4, 0.5) is 4.39 Å². The molecule has 1 heterocycles. The molecule has 0 aliphatic rings. The van der Waals surface area contributed by atoms with E-state index < -0.39 is 5.56 Å². The number of carbonyl (C=O) groups excluding carboxylic acids is 1. The third-order valence-corrected chi connectivity index (χ3v) is 8.21. The fraction of sp³-hybridized carbons (Fsp3) is 0.303. The average Bonchev–Trinajstić information content (AvgIpc) is 3.03. The number of halogens is 2. The standard InChI is InChI=1S/C20H25ClN2O.C13H13FN2O2S/c1-3-22(4-2)13-14-23(16-24)15-17-5-7-18(8-6-17)19-9-11-20(21)12-10-19;1-16-6-10(7-17)12(18)15-13(16)19-8-9-2-4-11(14)5-3-9/h5-12,16H,3-4,13-15H2,1-2H3;2-6,17H,7-8H2,1H3. The summed E-state index contributed by atoms with van der Waals surface area (Å²) in [4.78, 5) is 30.9. The monoisotopic (exact) mass is 624 g/mol. The predicted molar refractivity (Wildman–Crippen MR) is 173 cm³/mol. The van der Waals surface area contributed by atoms with E-state index in [0.29, 0.717) is 17.5 Å². The number of benzene rings is 3. The maximum absolute atomic E-state index is 12.8. The lowest BCUT2D eigenvalue weighted by Gasteiger charge is -2.23. The Morgan fingerprint density at radius 1 is 0.930 bits per heavy atom. The lowest BCUT2D eigenvalue weighted by Crippen LogP contribution is -2.34. The molecule has 1 amide bonds. The first kappa shape index (κ1) is 34.0. The number of nitrogens with zero attached hydrogens (tertiary/aromatic N) is 4. The fourth-order valence-corrected chi connectivity index (χ4v) is 5.23. The van der Waals surface area contributed by atoms with Crippen molar-refractivity contribution >= 4 is 29.8 Å². The lowest BCUT2D eigenvalue weighted by atomic mass is 10.0. The summed E-state index contributed by atoms with van der Waals surface area (Å²) in [6.07, 6.45) is 2.51. The molecule has 0 bridgehead atoms. The molecule has 43 heavy (non-hydrogen) atoms. The van der Waals surface area contributed by atoms with Crippen LogP contribution in [0.1, 0.15) is 30.5 Å². The Kier molecular flexibility index (Phi) is 13.9. The summed E-state index contributed by atoms with van der Waals surface area (Å²) in [5.74, 6) is 0.325. The molecule has 4 aromatic rings. The number of hydrogen-bond donors (Lipinski definition) is 1. The number of likely N-dealkylation sites (N-methyl/N-ethyl adjacent to an activating group) is 1. The number of aliphatic hydroxyl groups excluding tert-OH is 1. The Hall–Kier alpha value is -3.50. The van der Waals surface area contributed by atoms with E-state index in [4.69, 9.17) is 16.7 Å². The Labute approximate surface area is 262 Å². The van der Waals surface area contributed by atoms with Gasteiger partial charge in [-0.3, -0.25) is 9.59 Å². The van der Waals surface area contributed by atoms with Crippen molar-refractivity contribution in [2.75, 3.05) is 26.2 Å². The van der Waals surface area contributed by atoms with E-state index in [1.165, 1.54) is 23.9 Å². The molecule has 4 rings (SSSR count). The SMILES string of the molecule is CCN(CC)CCN(C=O)Cc1ccc(-c2ccc(Cl)cc2)cc1.Cn1cc(CO)c(=O)nc1SCc1ccc(F)cc1. The molecule has 0 atom stereocenters. The van der Waals surface area contributed by atoms with Gasteiger partial charge in [0.25, 0.3) is 5.56 Å². The molecule has 10 heteroatoms. The highest BCUT2D eigenvalue weighted by Gasteiger charge is 2.08. The second kappa shape index (κ2) is 17.6. The number of carbonyl (C=O) groups is 1. The molecule has 7 nitrogen and oxygen atoms in total. The topological polar surface area (TPSA) is 78.7 Å². The second-order valence-corrected chi connectivity index (χ2v) is 11.2. The number of aryl methyl sites for hydroxylation is 1. The number of rotatable bonds is 13. The van der Waals surface area contributed by atoms with E-state index in [2.05, 4.69) is 48.0 Å². The van der Waals surface area contributed by atoms with Crippen molar-refractivity contribution in [2.45, 2.75) is 37.9 Å². The summed E-state index contributed by atoms with van der Waals surface area (Å²) < 4.78 is 14.5. The van der Waals surface area contributed by atoms with Crippen molar-refractivity contribution in [2.24, 2.45) is 7.05 Å². The van der Waals surface area contributed by atoms with Gasteiger partial charge in [0.2, 0.25) is 6.41 Å². The van der Waals surface area contributed by atoms with Crippen LogP contribution in [-0.4, -0.2) is 57.0 Å². The Morgan fingerprint density at radius 2 is 1.51 bits per heavy atom. The van der Waals surface area contributed by atoms with Crippen LogP contribution in [0.2, 0.25) is 5.02 Å². The van der Waals surface area contributed by atoms with Crippen LogP contribution >= 0.6 is 23.4 Å². The third kappa shape index (κ3) is 10.9. The summed E-state index contributed by atoms with van der Waals surface area (Å²) in [6, 6.07) is 22.4. The largest absolute Gasteiger partial charge is 0.391 e. The van der Waals surface area contributed by atoms with Gasteiger partial charge >= 0.3 is 0 Å². The second-order valence-electron chi connectivity index (χ2n) is 9.84. The van der Waals surface area contributed by atoms with Gasteiger partial charge in [-0.05, 0) is 59.6 Å². The first-order valence-electron chi connectivity index (χ1n) is 14.1. The first-order chi connectivity index (χ1) is 20.8. The molecule has 0 saturated carbocycles. The van der Waals surface area contributed by atoms with Gasteiger partial charge in [-0.15, -0.1) is 0 Å². The predicted octanol–water partition coefficient (Wildman–Crippen LogP) is 6.01. The summed E-state index contributed by atoms with van der Waals surface area (Å²) >= 11 is 7.32. The smallest absolute Gasteiger partial charge is 0.279 e. The summed E-state index contributed by atoms with van der Waals surface area (Å²) in [5.41, 5.74) is 4.23. The van der Waals surface area contributed by atoms with Crippen molar-refractivity contribution < 1.29 is 14.3 Å². The van der Waals surface area contributed by atoms with Gasteiger partial charge in [-0.25, -0.2) is 4.39 Å². The van der Waals surface area contributed by atoms with E-state index in [1.54, 1.807) is 29.9 Å². The summed E-state index contributed by atoms with van der Waals surface area (Å²) in [5, 5.41) is 10.3. The van der Waals surface area contributed by atoms with E-state index in [1.807, 2.05) is 29.2 Å². The minimum atomic E-state index is -0.415. The van der Waals surface area contributed by atoms with Crippen LogP contribution in [0.5, 0.6) is 0 Å². The zero-order valence-electron chi connectivity index (χ0n) is 24.7. The first-order valence-corrected chi connectivity index (χ1v) is 15.4. The van der Waals surface area contributed by atoms with E-state index in [0.717, 1.165) is 59.9 Å². The van der Waals surface area contributed by atoms with Gasteiger partial charge in [0.15, 0.2) is 5.16 Å². The number of aromatic nitrogens is 2. The maximum Gasteiger partial charge on any atom is 0.279 e. The average molecular weight is 625 g/mol. The van der Waals surface area contributed by atoms with Crippen LogP contribution in [0.15, 0.2) is 88.9 Å². The normalized spacial score (nSPS) is 10.8. The third-order valence-electron chi connectivity index (χ3n) is 6.84. The van der Waals surface area contributed by atoms with Crippen molar-refractivity contribution in [1.29, 1.82) is 0 Å². The van der Waals surface area contributed by atoms with Gasteiger partial charge in [0, 0.05) is 43.7 Å². The van der Waals surface area contributed by atoms with Crippen molar-refractivity contribution in [1.82, 2.24) is 19.4 Å². The molecule has 0 spiro atoms. The highest BCUT2D eigenvalue weighted by Crippen LogP contribution is 2.22. The molecule has 0 fully saturated rings. The molecule has 0 aliphatic heterocycles. The fourth-order valence-electron chi connectivity index (χ4n) is 4.21. The minimum absolute atomic E-state index is 0.272. The molecule has 0 saturated heterocycles. The molecule has 1 N–H and O–H groups in total. The molecule has 3 aromatic carbocycles. The Balaban J connectivity index is 0.000000242.